The quantitative estimate of drug-likeness (QED) is 0.797. The molecule has 2 heterocycles. The van der Waals surface area contributed by atoms with Crippen molar-refractivity contribution in [2.45, 2.75) is 46.1 Å². The lowest BCUT2D eigenvalue weighted by molar-refractivity contribution is 0.0254. The fourth-order valence-corrected chi connectivity index (χ4v) is 1.47. The SMILES string of the molecule is Cc1noc(C(C)OC(=O)c2cc(C(C)(C)C)on2)n1. The Bertz CT molecular complexity index is 609. The second kappa shape index (κ2) is 5.07. The number of hydrogen-bond acceptors (Lipinski definition) is 7. The summed E-state index contributed by atoms with van der Waals surface area (Å²) < 4.78 is 15.3. The summed E-state index contributed by atoms with van der Waals surface area (Å²) in [5, 5.41) is 7.36. The van der Waals surface area contributed by atoms with Crippen molar-refractivity contribution in [3.05, 3.63) is 29.2 Å². The predicted molar refractivity (Wildman–Crippen MR) is 68.1 cm³/mol. The lowest BCUT2D eigenvalue weighted by atomic mass is 9.93. The van der Waals surface area contributed by atoms with E-state index in [9.17, 15) is 4.79 Å². The van der Waals surface area contributed by atoms with Gasteiger partial charge in [-0.1, -0.05) is 31.1 Å². The third kappa shape index (κ3) is 3.04. The largest absolute Gasteiger partial charge is 0.448 e. The van der Waals surface area contributed by atoms with E-state index in [4.69, 9.17) is 13.8 Å². The fraction of sp³-hybridized carbons (Fsp3) is 0.538. The number of aromatic nitrogens is 3. The van der Waals surface area contributed by atoms with Crippen LogP contribution in [-0.4, -0.2) is 21.3 Å². The normalized spacial score (nSPS) is 13.2. The Kier molecular flexibility index (Phi) is 3.61. The summed E-state index contributed by atoms with van der Waals surface area (Å²) in [6.07, 6.45) is -0.640. The molecular weight excluding hydrogens is 262 g/mol. The number of ether oxygens (including phenoxy) is 1. The third-order valence-corrected chi connectivity index (χ3v) is 2.63. The smallest absolute Gasteiger partial charge is 0.361 e. The molecule has 0 aromatic carbocycles. The van der Waals surface area contributed by atoms with E-state index in [2.05, 4.69) is 15.3 Å². The van der Waals surface area contributed by atoms with Crippen molar-refractivity contribution in [2.24, 2.45) is 0 Å². The van der Waals surface area contributed by atoms with Gasteiger partial charge < -0.3 is 13.8 Å². The number of carbonyl (C=O) groups is 1. The zero-order chi connectivity index (χ0) is 14.9. The van der Waals surface area contributed by atoms with Crippen molar-refractivity contribution < 1.29 is 18.6 Å². The van der Waals surface area contributed by atoms with Gasteiger partial charge in [0.2, 0.25) is 0 Å². The second-order valence-corrected chi connectivity index (χ2v) is 5.55. The minimum absolute atomic E-state index is 0.123. The van der Waals surface area contributed by atoms with Crippen LogP contribution >= 0.6 is 0 Å². The molecule has 2 aromatic heterocycles. The van der Waals surface area contributed by atoms with Gasteiger partial charge in [-0.15, -0.1) is 0 Å². The molecule has 7 nitrogen and oxygen atoms in total. The number of aryl methyl sites for hydroxylation is 1. The highest BCUT2D eigenvalue weighted by Gasteiger charge is 2.25. The minimum Gasteiger partial charge on any atom is -0.448 e. The average molecular weight is 279 g/mol. The van der Waals surface area contributed by atoms with Crippen molar-refractivity contribution in [3.63, 3.8) is 0 Å². The first-order valence-corrected chi connectivity index (χ1v) is 6.26. The molecule has 108 valence electrons. The standard InChI is InChI=1S/C13H17N3O4/c1-7(11-14-8(2)15-20-11)18-12(17)9-6-10(19-16-9)13(3,4)5/h6-7H,1-5H3. The minimum atomic E-state index is -0.640. The first kappa shape index (κ1) is 14.2. The molecule has 0 fully saturated rings. The van der Waals surface area contributed by atoms with E-state index in [0.717, 1.165) is 0 Å². The van der Waals surface area contributed by atoms with Gasteiger partial charge in [-0.2, -0.15) is 4.98 Å². The molecular formula is C13H17N3O4. The molecule has 7 heteroatoms. The summed E-state index contributed by atoms with van der Waals surface area (Å²) in [5.74, 6) is 0.757. The lowest BCUT2D eigenvalue weighted by Gasteiger charge is -2.12. The molecule has 0 radical (unpaired) electrons. The van der Waals surface area contributed by atoms with E-state index in [-0.39, 0.29) is 17.0 Å². The molecule has 0 spiro atoms. The fourth-order valence-electron chi connectivity index (χ4n) is 1.47. The highest BCUT2D eigenvalue weighted by molar-refractivity contribution is 5.87. The van der Waals surface area contributed by atoms with E-state index in [1.807, 2.05) is 20.8 Å². The van der Waals surface area contributed by atoms with Crippen molar-refractivity contribution in [1.82, 2.24) is 15.3 Å². The van der Waals surface area contributed by atoms with E-state index in [1.54, 1.807) is 19.9 Å². The van der Waals surface area contributed by atoms with E-state index < -0.39 is 12.1 Å². The molecule has 1 atom stereocenters. The molecule has 2 rings (SSSR count). The molecule has 0 aliphatic rings. The molecule has 0 bridgehead atoms. The van der Waals surface area contributed by atoms with Crippen molar-refractivity contribution in [1.29, 1.82) is 0 Å². The molecule has 0 N–H and O–H groups in total. The maximum absolute atomic E-state index is 11.9. The Morgan fingerprint density at radius 1 is 1.30 bits per heavy atom. The van der Waals surface area contributed by atoms with E-state index in [1.165, 1.54) is 0 Å². The van der Waals surface area contributed by atoms with Crippen LogP contribution in [0.3, 0.4) is 0 Å². The van der Waals surface area contributed by atoms with E-state index >= 15 is 0 Å². The van der Waals surface area contributed by atoms with Crippen LogP contribution in [-0.2, 0) is 10.2 Å². The maximum atomic E-state index is 11.9. The van der Waals surface area contributed by atoms with E-state index in [0.29, 0.717) is 11.6 Å². The van der Waals surface area contributed by atoms with Crippen LogP contribution in [0.5, 0.6) is 0 Å². The van der Waals surface area contributed by atoms with Gasteiger partial charge in [0.25, 0.3) is 5.89 Å². The first-order chi connectivity index (χ1) is 9.27. The third-order valence-electron chi connectivity index (χ3n) is 2.63. The summed E-state index contributed by atoms with van der Waals surface area (Å²) in [5.41, 5.74) is -0.0983. The highest BCUT2D eigenvalue weighted by Crippen LogP contribution is 2.24. The lowest BCUT2D eigenvalue weighted by Crippen LogP contribution is -2.11. The van der Waals surface area contributed by atoms with Crippen molar-refractivity contribution in [2.75, 3.05) is 0 Å². The van der Waals surface area contributed by atoms with Crippen LogP contribution in [0.4, 0.5) is 0 Å². The summed E-state index contributed by atoms with van der Waals surface area (Å²) in [6, 6.07) is 1.58. The summed E-state index contributed by atoms with van der Waals surface area (Å²) in [4.78, 5) is 15.9. The zero-order valence-electron chi connectivity index (χ0n) is 12.1. The topological polar surface area (TPSA) is 91.2 Å². The average Bonchev–Trinajstić information content (AvgIpc) is 2.95. The second-order valence-electron chi connectivity index (χ2n) is 5.55. The van der Waals surface area contributed by atoms with Gasteiger partial charge in [0, 0.05) is 11.5 Å². The summed E-state index contributed by atoms with van der Waals surface area (Å²) in [6.45, 7) is 9.23. The molecule has 20 heavy (non-hydrogen) atoms. The number of nitrogens with zero attached hydrogens (tertiary/aromatic N) is 3. The molecule has 0 saturated carbocycles. The number of carbonyl (C=O) groups excluding carboxylic acids is 1. The number of hydrogen-bond donors (Lipinski definition) is 0. The Labute approximate surface area is 116 Å². The van der Waals surface area contributed by atoms with Crippen LogP contribution in [0.25, 0.3) is 0 Å². The molecule has 0 amide bonds. The van der Waals surface area contributed by atoms with Gasteiger partial charge >= 0.3 is 5.97 Å². The van der Waals surface area contributed by atoms with Gasteiger partial charge in [0.15, 0.2) is 17.6 Å². The molecule has 2 aromatic rings. The van der Waals surface area contributed by atoms with Crippen molar-refractivity contribution >= 4 is 5.97 Å². The molecule has 0 aliphatic carbocycles. The van der Waals surface area contributed by atoms with Crippen LogP contribution in [0.2, 0.25) is 0 Å². The summed E-state index contributed by atoms with van der Waals surface area (Å²) in [7, 11) is 0. The zero-order valence-corrected chi connectivity index (χ0v) is 12.1. The van der Waals surface area contributed by atoms with Gasteiger partial charge in [-0.3, -0.25) is 0 Å². The number of esters is 1. The maximum Gasteiger partial charge on any atom is 0.361 e. The van der Waals surface area contributed by atoms with Gasteiger partial charge in [0.1, 0.15) is 5.76 Å². The Hall–Kier alpha value is -2.18. The Morgan fingerprint density at radius 3 is 2.50 bits per heavy atom. The van der Waals surface area contributed by atoms with Crippen LogP contribution in [0, 0.1) is 6.92 Å². The molecule has 1 unspecified atom stereocenters. The number of rotatable bonds is 3. The van der Waals surface area contributed by atoms with Gasteiger partial charge in [-0.25, -0.2) is 4.79 Å². The van der Waals surface area contributed by atoms with Crippen LogP contribution in [0.15, 0.2) is 15.1 Å². The Morgan fingerprint density at radius 2 is 2.00 bits per heavy atom. The summed E-state index contributed by atoms with van der Waals surface area (Å²) >= 11 is 0. The van der Waals surface area contributed by atoms with Crippen LogP contribution < -0.4 is 0 Å². The molecule has 0 aliphatic heterocycles. The van der Waals surface area contributed by atoms with Crippen molar-refractivity contribution in [3.8, 4) is 0 Å². The van der Waals surface area contributed by atoms with Gasteiger partial charge in [0.05, 0.1) is 0 Å². The Balaban J connectivity index is 2.07. The van der Waals surface area contributed by atoms with Gasteiger partial charge in [-0.05, 0) is 13.8 Å². The first-order valence-electron chi connectivity index (χ1n) is 6.26. The monoisotopic (exact) mass is 279 g/mol. The predicted octanol–water partition coefficient (Wildman–Crippen LogP) is 2.58. The highest BCUT2D eigenvalue weighted by atomic mass is 16.6. The molecule has 0 saturated heterocycles. The van der Waals surface area contributed by atoms with Crippen LogP contribution in [0.1, 0.15) is 61.8 Å².